The Morgan fingerprint density at radius 1 is 1.13 bits per heavy atom. The molecule has 11 heteroatoms. The van der Waals surface area contributed by atoms with Crippen molar-refractivity contribution < 1.29 is 9.59 Å². The first-order chi connectivity index (χ1) is 18.3. The highest BCUT2D eigenvalue weighted by molar-refractivity contribution is 6.35. The molecule has 0 spiro atoms. The Balaban J connectivity index is 0.00000107. The summed E-state index contributed by atoms with van der Waals surface area (Å²) in [5.74, 6) is 2.15. The second-order valence-corrected chi connectivity index (χ2v) is 11.1. The van der Waals surface area contributed by atoms with Crippen LogP contribution >= 0.6 is 23.2 Å². The molecular formula is C27H31Cl2N7O2. The average Bonchev–Trinajstić information content (AvgIpc) is 3.27. The monoisotopic (exact) mass is 555 g/mol. The number of benzene rings is 1. The van der Waals surface area contributed by atoms with Crippen LogP contribution in [-0.4, -0.2) is 63.0 Å². The number of likely N-dealkylation sites (tertiary alicyclic amines) is 1. The summed E-state index contributed by atoms with van der Waals surface area (Å²) in [6, 6.07) is 7.96. The van der Waals surface area contributed by atoms with Crippen molar-refractivity contribution in [2.24, 2.45) is 11.8 Å². The second kappa shape index (κ2) is 12.2. The van der Waals surface area contributed by atoms with Gasteiger partial charge < -0.3 is 4.90 Å². The van der Waals surface area contributed by atoms with Crippen LogP contribution in [0, 0.1) is 23.2 Å². The lowest BCUT2D eigenvalue weighted by Gasteiger charge is -2.45. The Morgan fingerprint density at radius 2 is 1.89 bits per heavy atom. The van der Waals surface area contributed by atoms with Gasteiger partial charge in [-0.1, -0.05) is 43.1 Å². The molecule has 38 heavy (non-hydrogen) atoms. The van der Waals surface area contributed by atoms with Crippen LogP contribution in [0.1, 0.15) is 57.3 Å². The second-order valence-electron chi connectivity index (χ2n) is 10.3. The van der Waals surface area contributed by atoms with Gasteiger partial charge in [-0.2, -0.15) is 19.9 Å². The predicted molar refractivity (Wildman–Crippen MR) is 145 cm³/mol. The topological polar surface area (TPSA) is 108 Å². The van der Waals surface area contributed by atoms with Gasteiger partial charge in [-0.25, -0.2) is 14.6 Å². The van der Waals surface area contributed by atoms with Crippen LogP contribution in [0.25, 0.3) is 11.2 Å². The van der Waals surface area contributed by atoms with Gasteiger partial charge in [-0.3, -0.25) is 4.90 Å². The number of anilines is 1. The molecule has 3 aromatic rings. The van der Waals surface area contributed by atoms with E-state index in [0.717, 1.165) is 36.8 Å². The highest BCUT2D eigenvalue weighted by Gasteiger charge is 2.33. The summed E-state index contributed by atoms with van der Waals surface area (Å²) in [4.78, 5) is 30.9. The number of hydrogen-bond acceptors (Lipinski definition) is 8. The molecule has 2 aliphatic rings. The third-order valence-corrected chi connectivity index (χ3v) is 8.18. The maximum absolute atomic E-state index is 9.66. The summed E-state index contributed by atoms with van der Waals surface area (Å²) in [7, 11) is 0. The lowest BCUT2D eigenvalue weighted by molar-refractivity contribution is -0.191. The highest BCUT2D eigenvalue weighted by Crippen LogP contribution is 2.32. The first-order valence-electron chi connectivity index (χ1n) is 12.9. The van der Waals surface area contributed by atoms with Gasteiger partial charge in [-0.15, -0.1) is 0 Å². The molecule has 0 aliphatic carbocycles. The Hall–Kier alpha value is -3.02. The van der Waals surface area contributed by atoms with Crippen molar-refractivity contribution in [2.75, 3.05) is 31.1 Å². The fourth-order valence-corrected chi connectivity index (χ4v) is 6.35. The van der Waals surface area contributed by atoms with Crippen molar-refractivity contribution in [3.8, 4) is 6.07 Å². The maximum Gasteiger partial charge on any atom is 0.373 e. The largest absolute Gasteiger partial charge is 0.373 e. The van der Waals surface area contributed by atoms with Crippen LogP contribution < -0.4 is 4.90 Å². The van der Waals surface area contributed by atoms with Crippen molar-refractivity contribution in [3.63, 3.8) is 0 Å². The molecule has 0 amide bonds. The summed E-state index contributed by atoms with van der Waals surface area (Å²) in [6.07, 6.45) is 5.80. The number of nitrogens with zero attached hydrogens (tertiary/aromatic N) is 7. The van der Waals surface area contributed by atoms with Crippen LogP contribution in [0.2, 0.25) is 10.0 Å². The minimum Gasteiger partial charge on any atom is -0.355 e. The zero-order chi connectivity index (χ0) is 27.4. The zero-order valence-corrected chi connectivity index (χ0v) is 23.3. The smallest absolute Gasteiger partial charge is 0.355 e. The predicted octanol–water partition coefficient (Wildman–Crippen LogP) is 4.98. The summed E-state index contributed by atoms with van der Waals surface area (Å²) in [6.45, 7) is 11.0. The molecule has 200 valence electrons. The SMILES string of the molecule is C[C@@H]1CCCN(C2CCN(c3cnc4c(C#N)nn([C@H](C)c5ccc(Cl)cc5Cl)c4n3)C[C@H]2C)C1.O=C=O. The van der Waals surface area contributed by atoms with Crippen molar-refractivity contribution in [1.29, 1.82) is 5.26 Å². The zero-order valence-electron chi connectivity index (χ0n) is 21.8. The molecule has 1 aromatic carbocycles. The summed E-state index contributed by atoms with van der Waals surface area (Å²) in [5, 5.41) is 15.3. The summed E-state index contributed by atoms with van der Waals surface area (Å²) < 4.78 is 1.75. The molecule has 4 heterocycles. The van der Waals surface area contributed by atoms with Crippen molar-refractivity contribution in [2.45, 2.75) is 52.1 Å². The van der Waals surface area contributed by atoms with Crippen LogP contribution in [0.3, 0.4) is 0 Å². The first kappa shape index (κ1) is 28.0. The lowest BCUT2D eigenvalue weighted by atomic mass is 9.89. The molecule has 2 aliphatic heterocycles. The molecule has 0 saturated carbocycles. The van der Waals surface area contributed by atoms with Gasteiger partial charge in [0.05, 0.1) is 12.2 Å². The molecule has 2 saturated heterocycles. The standard InChI is InChI=1S/C26H31Cl2N7.CO2/c1-16-5-4-9-33(14-16)23-8-10-34(15-17(23)2)24-13-30-25-22(12-29)32-35(26(25)31-24)18(3)20-7-6-19(27)11-21(20)28;2-1-3/h6-7,11,13,16-18,23H,4-5,8-10,14-15H2,1-3H3;/t16-,17-,18-,23?;/m1./s1. The molecule has 1 unspecified atom stereocenters. The van der Waals surface area contributed by atoms with Gasteiger partial charge in [0.1, 0.15) is 17.4 Å². The van der Waals surface area contributed by atoms with Crippen molar-refractivity contribution in [1.82, 2.24) is 24.6 Å². The molecule has 4 atom stereocenters. The van der Waals surface area contributed by atoms with Crippen LogP contribution in [-0.2, 0) is 9.59 Å². The number of hydrogen-bond donors (Lipinski definition) is 0. The first-order valence-corrected chi connectivity index (χ1v) is 13.6. The van der Waals surface area contributed by atoms with E-state index in [1.54, 1.807) is 16.9 Å². The Kier molecular flexibility index (Phi) is 9.01. The van der Waals surface area contributed by atoms with E-state index in [1.807, 2.05) is 19.1 Å². The molecule has 0 radical (unpaired) electrons. The summed E-state index contributed by atoms with van der Waals surface area (Å²) in [5.41, 5.74) is 2.24. The summed E-state index contributed by atoms with van der Waals surface area (Å²) >= 11 is 12.6. The van der Waals surface area contributed by atoms with E-state index < -0.39 is 0 Å². The Labute approximate surface area is 232 Å². The van der Waals surface area contributed by atoms with Crippen LogP contribution in [0.5, 0.6) is 0 Å². The number of halogens is 2. The van der Waals surface area contributed by atoms with E-state index in [-0.39, 0.29) is 17.9 Å². The van der Waals surface area contributed by atoms with Gasteiger partial charge in [0.25, 0.3) is 0 Å². The van der Waals surface area contributed by atoms with E-state index in [2.05, 4.69) is 39.8 Å². The number of piperidine rings is 2. The Morgan fingerprint density at radius 3 is 2.55 bits per heavy atom. The molecule has 0 N–H and O–H groups in total. The van der Waals surface area contributed by atoms with E-state index in [9.17, 15) is 5.26 Å². The van der Waals surface area contributed by atoms with Gasteiger partial charge in [0, 0.05) is 35.7 Å². The Bertz CT molecular complexity index is 1370. The van der Waals surface area contributed by atoms with E-state index in [1.165, 1.54) is 25.9 Å². The highest BCUT2D eigenvalue weighted by atomic mass is 35.5. The number of fused-ring (bicyclic) bond motifs is 1. The van der Waals surface area contributed by atoms with Crippen molar-refractivity contribution >= 4 is 46.3 Å². The lowest BCUT2D eigenvalue weighted by Crippen LogP contribution is -2.52. The quantitative estimate of drug-likeness (QED) is 0.443. The molecular weight excluding hydrogens is 525 g/mol. The minimum atomic E-state index is -0.236. The van der Waals surface area contributed by atoms with E-state index >= 15 is 0 Å². The van der Waals surface area contributed by atoms with Gasteiger partial charge in [-0.05, 0) is 62.3 Å². The fraction of sp³-hybridized carbons (Fsp3) is 0.519. The van der Waals surface area contributed by atoms with Crippen molar-refractivity contribution in [3.05, 3.63) is 45.7 Å². The average molecular weight is 556 g/mol. The van der Waals surface area contributed by atoms with Gasteiger partial charge in [0.2, 0.25) is 0 Å². The van der Waals surface area contributed by atoms with Gasteiger partial charge >= 0.3 is 6.15 Å². The molecule has 2 aromatic heterocycles. The van der Waals surface area contributed by atoms with Crippen LogP contribution in [0.4, 0.5) is 5.82 Å². The third-order valence-electron chi connectivity index (χ3n) is 7.62. The minimum absolute atomic E-state index is 0.236. The molecule has 0 bridgehead atoms. The number of rotatable bonds is 4. The normalized spacial score (nSPS) is 22.7. The van der Waals surface area contributed by atoms with E-state index in [4.69, 9.17) is 37.8 Å². The molecule has 2 fully saturated rings. The van der Waals surface area contributed by atoms with Crippen LogP contribution in [0.15, 0.2) is 24.4 Å². The third kappa shape index (κ3) is 5.84. The number of carbonyl (C=O) groups excluding carboxylic acids is 2. The molecule has 5 rings (SSSR count). The van der Waals surface area contributed by atoms with E-state index in [0.29, 0.717) is 33.2 Å². The maximum atomic E-state index is 9.66. The fourth-order valence-electron chi connectivity index (χ4n) is 5.78. The number of nitriles is 1. The molecule has 9 nitrogen and oxygen atoms in total. The number of aromatic nitrogens is 4. The van der Waals surface area contributed by atoms with Gasteiger partial charge in [0.15, 0.2) is 11.3 Å².